The van der Waals surface area contributed by atoms with E-state index in [0.29, 0.717) is 11.7 Å². The van der Waals surface area contributed by atoms with Gasteiger partial charge in [-0.1, -0.05) is 75.4 Å². The van der Waals surface area contributed by atoms with Crippen LogP contribution in [0.25, 0.3) is 16.8 Å². The largest absolute Gasteiger partial charge is 0.382 e. The molecule has 0 saturated heterocycles. The molecule has 0 spiro atoms. The van der Waals surface area contributed by atoms with Gasteiger partial charge in [-0.15, -0.1) is 0 Å². The molecule has 2 aromatic heterocycles. The number of hydrogen-bond donors (Lipinski definition) is 1. The summed E-state index contributed by atoms with van der Waals surface area (Å²) in [6, 6.07) is 10.1. The average molecular weight is 424 g/mol. The fourth-order valence-electron chi connectivity index (χ4n) is 4.09. The first-order chi connectivity index (χ1) is 15.6. The Morgan fingerprint density at radius 1 is 1.31 bits per heavy atom. The van der Waals surface area contributed by atoms with E-state index in [1.807, 2.05) is 30.5 Å². The van der Waals surface area contributed by atoms with Crippen molar-refractivity contribution in [3.05, 3.63) is 96.8 Å². The first-order valence-corrected chi connectivity index (χ1v) is 11.1. The average Bonchev–Trinajstić information content (AvgIpc) is 3.21. The first-order valence-electron chi connectivity index (χ1n) is 11.1. The Labute approximate surface area is 189 Å². The molecule has 162 valence electrons. The Morgan fingerprint density at radius 3 is 2.88 bits per heavy atom. The highest BCUT2D eigenvalue weighted by Crippen LogP contribution is 2.31. The van der Waals surface area contributed by atoms with Crippen molar-refractivity contribution in [1.82, 2.24) is 14.4 Å². The highest BCUT2D eigenvalue weighted by Gasteiger charge is 2.21. The monoisotopic (exact) mass is 423 g/mol. The molecule has 0 aliphatic heterocycles. The number of imidazole rings is 1. The predicted octanol–water partition coefficient (Wildman–Crippen LogP) is 6.23. The van der Waals surface area contributed by atoms with E-state index >= 15 is 0 Å². The predicted molar refractivity (Wildman–Crippen MR) is 135 cm³/mol. The standard InChI is InChI=1S/C27H29N5/c1-4-10-19(3)27-31-24(25-26(28)29-16-17-32(25)27)21-14-9-15-22(18-21)30-23(11-5-2)20-12-7-6-8-13-20/h5-9,11-14,16-19H,2,4,10,15H2,1,3H3,(H2,28,29)/b23-11-,30-22?/t19-/m0/s1. The number of nitrogen functional groups attached to an aromatic ring is 1. The Morgan fingerprint density at radius 2 is 2.12 bits per heavy atom. The SMILES string of the molecule is C=C/C=C(\N=C1C=C(c2nc([C@@H](C)CCC)n3ccnc(N)c23)C=CC1)c1ccccc1. The van der Waals surface area contributed by atoms with E-state index in [2.05, 4.69) is 60.2 Å². The number of nitrogens with two attached hydrogens (primary N) is 1. The van der Waals surface area contributed by atoms with E-state index in [9.17, 15) is 0 Å². The maximum absolute atomic E-state index is 6.31. The van der Waals surface area contributed by atoms with Crippen molar-refractivity contribution >= 4 is 28.3 Å². The quantitative estimate of drug-likeness (QED) is 0.458. The normalized spacial score (nSPS) is 16.4. The van der Waals surface area contributed by atoms with Crippen LogP contribution in [0, 0.1) is 0 Å². The first kappa shape index (κ1) is 21.5. The topological polar surface area (TPSA) is 68.6 Å². The van der Waals surface area contributed by atoms with E-state index in [4.69, 9.17) is 15.7 Å². The Hall–Kier alpha value is -3.73. The summed E-state index contributed by atoms with van der Waals surface area (Å²) < 4.78 is 2.09. The fraction of sp³-hybridized carbons (Fsp3) is 0.222. The number of anilines is 1. The molecule has 2 heterocycles. The molecule has 1 aliphatic carbocycles. The van der Waals surface area contributed by atoms with Crippen LogP contribution in [-0.4, -0.2) is 20.1 Å². The minimum atomic E-state index is 0.324. The molecule has 1 atom stereocenters. The summed E-state index contributed by atoms with van der Waals surface area (Å²) in [6.45, 7) is 8.26. The zero-order chi connectivity index (χ0) is 22.5. The summed E-state index contributed by atoms with van der Waals surface area (Å²) in [5.41, 5.74) is 11.9. The number of aromatic nitrogens is 3. The summed E-state index contributed by atoms with van der Waals surface area (Å²) in [4.78, 5) is 14.3. The second-order valence-electron chi connectivity index (χ2n) is 8.00. The van der Waals surface area contributed by atoms with Crippen LogP contribution < -0.4 is 5.73 Å². The molecule has 32 heavy (non-hydrogen) atoms. The van der Waals surface area contributed by atoms with Crippen LogP contribution in [-0.2, 0) is 0 Å². The van der Waals surface area contributed by atoms with Crippen LogP contribution in [0.15, 0.2) is 84.7 Å². The van der Waals surface area contributed by atoms with Crippen molar-refractivity contribution < 1.29 is 0 Å². The number of hydrogen-bond acceptors (Lipinski definition) is 4. The third kappa shape index (κ3) is 4.33. The molecule has 5 heteroatoms. The van der Waals surface area contributed by atoms with Gasteiger partial charge >= 0.3 is 0 Å². The molecule has 1 aliphatic rings. The second kappa shape index (κ2) is 9.60. The van der Waals surface area contributed by atoms with Gasteiger partial charge < -0.3 is 5.73 Å². The van der Waals surface area contributed by atoms with Crippen LogP contribution in [0.2, 0.25) is 0 Å². The third-order valence-corrected chi connectivity index (χ3v) is 5.60. The highest BCUT2D eigenvalue weighted by atomic mass is 15.1. The summed E-state index contributed by atoms with van der Waals surface area (Å²) in [5.74, 6) is 1.82. The summed E-state index contributed by atoms with van der Waals surface area (Å²) in [5, 5.41) is 0. The van der Waals surface area contributed by atoms with Crippen molar-refractivity contribution in [3.63, 3.8) is 0 Å². The smallest absolute Gasteiger partial charge is 0.150 e. The summed E-state index contributed by atoms with van der Waals surface area (Å²) in [7, 11) is 0. The van der Waals surface area contributed by atoms with Gasteiger partial charge in [-0.2, -0.15) is 0 Å². The Balaban J connectivity index is 1.80. The number of allylic oxidation sites excluding steroid dienone is 6. The lowest BCUT2D eigenvalue weighted by Gasteiger charge is -2.10. The molecule has 2 N–H and O–H groups in total. The van der Waals surface area contributed by atoms with Gasteiger partial charge in [-0.05, 0) is 18.6 Å². The molecule has 5 nitrogen and oxygen atoms in total. The third-order valence-electron chi connectivity index (χ3n) is 5.60. The van der Waals surface area contributed by atoms with Crippen molar-refractivity contribution in [2.24, 2.45) is 4.99 Å². The second-order valence-corrected chi connectivity index (χ2v) is 8.00. The summed E-state index contributed by atoms with van der Waals surface area (Å²) >= 11 is 0. The van der Waals surface area contributed by atoms with E-state index in [-0.39, 0.29) is 0 Å². The highest BCUT2D eigenvalue weighted by molar-refractivity contribution is 6.08. The number of rotatable bonds is 7. The van der Waals surface area contributed by atoms with Crippen molar-refractivity contribution in [2.45, 2.75) is 39.0 Å². The molecule has 4 rings (SSSR count). The molecule has 3 aromatic rings. The number of benzene rings is 1. The van der Waals surface area contributed by atoms with Gasteiger partial charge in [0.15, 0.2) is 0 Å². The van der Waals surface area contributed by atoms with Gasteiger partial charge in [0.25, 0.3) is 0 Å². The Kier molecular flexibility index (Phi) is 6.45. The maximum atomic E-state index is 6.31. The van der Waals surface area contributed by atoms with Gasteiger partial charge in [0.1, 0.15) is 22.9 Å². The van der Waals surface area contributed by atoms with Crippen LogP contribution in [0.5, 0.6) is 0 Å². The fourth-order valence-corrected chi connectivity index (χ4v) is 4.09. The van der Waals surface area contributed by atoms with E-state index in [0.717, 1.165) is 58.8 Å². The maximum Gasteiger partial charge on any atom is 0.150 e. The van der Waals surface area contributed by atoms with Crippen LogP contribution >= 0.6 is 0 Å². The van der Waals surface area contributed by atoms with Gasteiger partial charge in [0, 0.05) is 41.6 Å². The minimum Gasteiger partial charge on any atom is -0.382 e. The summed E-state index contributed by atoms with van der Waals surface area (Å²) in [6.07, 6.45) is 16.6. The van der Waals surface area contributed by atoms with E-state index < -0.39 is 0 Å². The minimum absolute atomic E-state index is 0.324. The molecule has 1 aromatic carbocycles. The van der Waals surface area contributed by atoms with Crippen LogP contribution in [0.4, 0.5) is 5.82 Å². The van der Waals surface area contributed by atoms with Crippen molar-refractivity contribution in [3.8, 4) is 0 Å². The molecule has 0 amide bonds. The zero-order valence-corrected chi connectivity index (χ0v) is 18.7. The van der Waals surface area contributed by atoms with E-state index in [1.54, 1.807) is 12.3 Å². The van der Waals surface area contributed by atoms with E-state index in [1.165, 1.54) is 0 Å². The van der Waals surface area contributed by atoms with Gasteiger partial charge in [0.05, 0.1) is 5.70 Å². The lowest BCUT2D eigenvalue weighted by Crippen LogP contribution is -2.02. The molecule has 0 radical (unpaired) electrons. The molecular weight excluding hydrogens is 394 g/mol. The molecule has 0 unspecified atom stereocenters. The Bertz CT molecular complexity index is 1240. The zero-order valence-electron chi connectivity index (χ0n) is 18.7. The molecule has 0 bridgehead atoms. The number of fused-ring (bicyclic) bond motifs is 1. The number of nitrogens with zero attached hydrogens (tertiary/aromatic N) is 4. The van der Waals surface area contributed by atoms with Crippen LogP contribution in [0.1, 0.15) is 56.1 Å². The molecular formula is C27H29N5. The lowest BCUT2D eigenvalue weighted by molar-refractivity contribution is 0.624. The van der Waals surface area contributed by atoms with Gasteiger partial charge in [0.2, 0.25) is 0 Å². The van der Waals surface area contributed by atoms with Gasteiger partial charge in [-0.3, -0.25) is 9.39 Å². The lowest BCUT2D eigenvalue weighted by atomic mass is 10.0. The van der Waals surface area contributed by atoms with Crippen molar-refractivity contribution in [2.75, 3.05) is 5.73 Å². The van der Waals surface area contributed by atoms with Gasteiger partial charge in [-0.25, -0.2) is 9.97 Å². The molecule has 0 fully saturated rings. The number of aliphatic imine (C=N–C) groups is 1. The molecule has 0 saturated carbocycles. The van der Waals surface area contributed by atoms with Crippen molar-refractivity contribution in [1.29, 1.82) is 0 Å². The van der Waals surface area contributed by atoms with Crippen LogP contribution in [0.3, 0.4) is 0 Å².